The highest BCUT2D eigenvalue weighted by atomic mass is 16.5. The Balaban J connectivity index is 1.32. The average molecular weight is 558 g/mol. The fourth-order valence-electron chi connectivity index (χ4n) is 5.66. The van der Waals surface area contributed by atoms with Gasteiger partial charge in [0.15, 0.2) is 5.75 Å². The van der Waals surface area contributed by atoms with Crippen molar-refractivity contribution in [3.8, 4) is 34.2 Å². The Kier molecular flexibility index (Phi) is 6.47. The van der Waals surface area contributed by atoms with Gasteiger partial charge >= 0.3 is 5.69 Å². The summed E-state index contributed by atoms with van der Waals surface area (Å²) in [6, 6.07) is 24.1. The summed E-state index contributed by atoms with van der Waals surface area (Å²) in [5, 5.41) is 0.875. The molecule has 3 aromatic carbocycles. The topological polar surface area (TPSA) is 74.4 Å². The first-order chi connectivity index (χ1) is 20.5. The van der Waals surface area contributed by atoms with Gasteiger partial charge in [-0.3, -0.25) is 14.1 Å². The van der Waals surface area contributed by atoms with Crippen LogP contribution in [0.25, 0.3) is 38.8 Å². The number of para-hydroxylation sites is 2. The molecule has 4 heterocycles. The fourth-order valence-corrected chi connectivity index (χ4v) is 5.66. The molecule has 0 amide bonds. The number of hydrogen-bond donors (Lipinski definition) is 0. The number of pyridine rings is 2. The SMILES string of the molecule is CN(C)CCCOc1ccc(-c2ccc3ncc4c(c3c2)n(-c2cccc3c2Oc2ccccc2C3)c(=O)n4C)cn1. The van der Waals surface area contributed by atoms with Crippen molar-refractivity contribution in [1.29, 1.82) is 0 Å². The van der Waals surface area contributed by atoms with Gasteiger partial charge in [0, 0.05) is 48.8 Å². The predicted octanol–water partition coefficient (Wildman–Crippen LogP) is 5.97. The minimum absolute atomic E-state index is 0.155. The molecule has 1 aliphatic heterocycles. The van der Waals surface area contributed by atoms with Crippen molar-refractivity contribution in [3.63, 3.8) is 0 Å². The quantitative estimate of drug-likeness (QED) is 0.225. The van der Waals surface area contributed by atoms with E-state index in [2.05, 4.69) is 42.2 Å². The minimum Gasteiger partial charge on any atom is -0.478 e. The summed E-state index contributed by atoms with van der Waals surface area (Å²) in [6.07, 6.45) is 5.27. The maximum Gasteiger partial charge on any atom is 0.333 e. The highest BCUT2D eigenvalue weighted by Crippen LogP contribution is 2.41. The van der Waals surface area contributed by atoms with E-state index in [1.807, 2.05) is 60.8 Å². The Labute approximate surface area is 243 Å². The van der Waals surface area contributed by atoms with Crippen LogP contribution in [0.15, 0.2) is 90.0 Å². The van der Waals surface area contributed by atoms with E-state index in [9.17, 15) is 4.79 Å². The van der Waals surface area contributed by atoms with Gasteiger partial charge in [-0.05, 0) is 62.0 Å². The van der Waals surface area contributed by atoms with Crippen molar-refractivity contribution in [2.24, 2.45) is 7.05 Å². The van der Waals surface area contributed by atoms with Crippen LogP contribution in [-0.4, -0.2) is 51.2 Å². The molecule has 3 aromatic heterocycles. The molecule has 0 fully saturated rings. The van der Waals surface area contributed by atoms with Crippen molar-refractivity contribution in [2.75, 3.05) is 27.2 Å². The van der Waals surface area contributed by atoms with Gasteiger partial charge in [-0.15, -0.1) is 0 Å². The summed E-state index contributed by atoms with van der Waals surface area (Å²) in [6.45, 7) is 1.58. The van der Waals surface area contributed by atoms with Gasteiger partial charge in [0.05, 0.1) is 35.0 Å². The molecular formula is C34H31N5O3. The zero-order chi connectivity index (χ0) is 28.8. The molecular weight excluding hydrogens is 526 g/mol. The zero-order valence-corrected chi connectivity index (χ0v) is 23.9. The second-order valence-corrected chi connectivity index (χ2v) is 10.9. The summed E-state index contributed by atoms with van der Waals surface area (Å²) in [7, 11) is 5.88. The molecule has 210 valence electrons. The van der Waals surface area contributed by atoms with Crippen LogP contribution in [0.4, 0.5) is 0 Å². The lowest BCUT2D eigenvalue weighted by atomic mass is 9.99. The average Bonchev–Trinajstić information content (AvgIpc) is 3.27. The molecule has 42 heavy (non-hydrogen) atoms. The summed E-state index contributed by atoms with van der Waals surface area (Å²) >= 11 is 0. The minimum atomic E-state index is -0.155. The molecule has 0 bridgehead atoms. The van der Waals surface area contributed by atoms with Crippen LogP contribution >= 0.6 is 0 Å². The van der Waals surface area contributed by atoms with Crippen LogP contribution in [0.5, 0.6) is 17.4 Å². The largest absolute Gasteiger partial charge is 0.478 e. The normalized spacial score (nSPS) is 12.4. The maximum atomic E-state index is 13.8. The van der Waals surface area contributed by atoms with E-state index in [0.717, 1.165) is 69.3 Å². The van der Waals surface area contributed by atoms with Gasteiger partial charge < -0.3 is 14.4 Å². The van der Waals surface area contributed by atoms with Crippen LogP contribution in [0.1, 0.15) is 17.5 Å². The number of rotatable bonds is 7. The summed E-state index contributed by atoms with van der Waals surface area (Å²) in [5.74, 6) is 2.13. The van der Waals surface area contributed by atoms with Crippen molar-refractivity contribution < 1.29 is 9.47 Å². The lowest BCUT2D eigenvalue weighted by Gasteiger charge is -2.23. The Hall–Kier alpha value is -4.95. The van der Waals surface area contributed by atoms with E-state index in [-0.39, 0.29) is 5.69 Å². The molecule has 0 spiro atoms. The van der Waals surface area contributed by atoms with Crippen LogP contribution in [0.2, 0.25) is 0 Å². The molecule has 7 rings (SSSR count). The van der Waals surface area contributed by atoms with Gasteiger partial charge in [-0.1, -0.05) is 36.4 Å². The van der Waals surface area contributed by atoms with Crippen molar-refractivity contribution in [3.05, 3.63) is 107 Å². The predicted molar refractivity (Wildman–Crippen MR) is 165 cm³/mol. The standard InChI is InChI=1S/C34H31N5O3/c1-37(2)16-7-17-41-31-15-13-25(20-36-31)22-12-14-27-26(19-22)32-29(21-35-27)38(3)34(40)39(32)28-10-6-9-24-18-23-8-4-5-11-30(23)42-33(24)28/h4-6,8-15,19-21H,7,16-18H2,1-3H3. The maximum absolute atomic E-state index is 13.8. The first-order valence-electron chi connectivity index (χ1n) is 14.1. The third kappa shape index (κ3) is 4.50. The molecule has 0 saturated heterocycles. The molecule has 0 unspecified atom stereocenters. The number of nitrogens with zero attached hydrogens (tertiary/aromatic N) is 5. The van der Waals surface area contributed by atoms with E-state index in [1.54, 1.807) is 22.4 Å². The van der Waals surface area contributed by atoms with Gasteiger partial charge in [-0.2, -0.15) is 0 Å². The Morgan fingerprint density at radius 2 is 1.76 bits per heavy atom. The molecule has 0 radical (unpaired) electrons. The van der Waals surface area contributed by atoms with Gasteiger partial charge in [0.1, 0.15) is 5.75 Å². The first kappa shape index (κ1) is 26.0. The number of aryl methyl sites for hydroxylation is 1. The molecule has 0 aliphatic carbocycles. The van der Waals surface area contributed by atoms with E-state index in [0.29, 0.717) is 23.9 Å². The molecule has 1 aliphatic rings. The second kappa shape index (κ2) is 10.5. The summed E-state index contributed by atoms with van der Waals surface area (Å²) in [5.41, 5.74) is 7.01. The molecule has 8 nitrogen and oxygen atoms in total. The van der Waals surface area contributed by atoms with Crippen LogP contribution in [0, 0.1) is 0 Å². The van der Waals surface area contributed by atoms with Crippen LogP contribution in [0.3, 0.4) is 0 Å². The second-order valence-electron chi connectivity index (χ2n) is 10.9. The first-order valence-corrected chi connectivity index (χ1v) is 14.1. The van der Waals surface area contributed by atoms with Gasteiger partial charge in [0.25, 0.3) is 0 Å². The Morgan fingerprint density at radius 1 is 0.929 bits per heavy atom. The van der Waals surface area contributed by atoms with E-state index < -0.39 is 0 Å². The lowest BCUT2D eigenvalue weighted by Crippen LogP contribution is -2.22. The zero-order valence-electron chi connectivity index (χ0n) is 23.9. The molecule has 0 N–H and O–H groups in total. The lowest BCUT2D eigenvalue weighted by molar-refractivity contribution is 0.273. The number of ether oxygens (including phenoxy) is 2. The van der Waals surface area contributed by atoms with Crippen LogP contribution < -0.4 is 15.2 Å². The van der Waals surface area contributed by atoms with E-state index in [1.165, 1.54) is 0 Å². The molecule has 0 atom stereocenters. The summed E-state index contributed by atoms with van der Waals surface area (Å²) < 4.78 is 15.7. The molecule has 6 aromatic rings. The monoisotopic (exact) mass is 557 g/mol. The number of fused-ring (bicyclic) bond motifs is 5. The highest BCUT2D eigenvalue weighted by Gasteiger charge is 2.24. The fraction of sp³-hybridized carbons (Fsp3) is 0.206. The van der Waals surface area contributed by atoms with E-state index in [4.69, 9.17) is 14.5 Å². The van der Waals surface area contributed by atoms with Crippen molar-refractivity contribution in [1.82, 2.24) is 24.0 Å². The number of imidazole rings is 1. The molecule has 8 heteroatoms. The number of aromatic nitrogens is 4. The van der Waals surface area contributed by atoms with Crippen molar-refractivity contribution >= 4 is 21.9 Å². The number of benzene rings is 3. The third-order valence-electron chi connectivity index (χ3n) is 7.83. The Bertz CT molecular complexity index is 2010. The van der Waals surface area contributed by atoms with Gasteiger partial charge in [-0.25, -0.2) is 9.78 Å². The summed E-state index contributed by atoms with van der Waals surface area (Å²) in [4.78, 5) is 25.2. The number of hydrogen-bond acceptors (Lipinski definition) is 6. The van der Waals surface area contributed by atoms with Gasteiger partial charge in [0.2, 0.25) is 5.88 Å². The van der Waals surface area contributed by atoms with Crippen molar-refractivity contribution in [2.45, 2.75) is 12.8 Å². The third-order valence-corrected chi connectivity index (χ3v) is 7.83. The highest BCUT2D eigenvalue weighted by molar-refractivity contribution is 6.04. The smallest absolute Gasteiger partial charge is 0.333 e. The molecule has 0 saturated carbocycles. The van der Waals surface area contributed by atoms with E-state index >= 15 is 0 Å². The Morgan fingerprint density at radius 3 is 2.60 bits per heavy atom. The van der Waals surface area contributed by atoms with Crippen LogP contribution in [-0.2, 0) is 13.5 Å².